The molecule has 70 valence electrons. The van der Waals surface area contributed by atoms with Crippen LogP contribution in [-0.4, -0.2) is 0 Å². The van der Waals surface area contributed by atoms with Crippen molar-refractivity contribution in [2.24, 2.45) is 5.92 Å². The van der Waals surface area contributed by atoms with Gasteiger partial charge >= 0.3 is 0 Å². The van der Waals surface area contributed by atoms with Crippen molar-refractivity contribution < 1.29 is 0 Å². The summed E-state index contributed by atoms with van der Waals surface area (Å²) >= 11 is 0. The smallest absolute Gasteiger partial charge is 0.0230 e. The fourth-order valence-electron chi connectivity index (χ4n) is 1.04. The van der Waals surface area contributed by atoms with Crippen molar-refractivity contribution in [3.63, 3.8) is 0 Å². The van der Waals surface area contributed by atoms with E-state index in [4.69, 9.17) is 0 Å². The van der Waals surface area contributed by atoms with Gasteiger partial charge in [-0.15, -0.1) is 6.58 Å². The fraction of sp³-hybridized carbons (Fsp3) is 0.667. The van der Waals surface area contributed by atoms with Crippen LogP contribution in [0.15, 0.2) is 24.8 Å². The molecule has 0 radical (unpaired) electrons. The molecular formula is C12H22. The van der Waals surface area contributed by atoms with Crippen LogP contribution in [0.1, 0.15) is 46.0 Å². The summed E-state index contributed by atoms with van der Waals surface area (Å²) in [5.74, 6) is 0.632. The van der Waals surface area contributed by atoms with E-state index in [1.54, 1.807) is 0 Å². The van der Waals surface area contributed by atoms with Crippen LogP contribution in [0.2, 0.25) is 0 Å². The molecule has 1 unspecified atom stereocenters. The molecule has 0 spiro atoms. The van der Waals surface area contributed by atoms with Crippen LogP contribution in [0, 0.1) is 5.92 Å². The molecular weight excluding hydrogens is 144 g/mol. The summed E-state index contributed by atoms with van der Waals surface area (Å²) in [6.07, 6.45) is 13.0. The molecule has 0 bridgehead atoms. The molecule has 0 heteroatoms. The predicted octanol–water partition coefficient (Wildman–Crippen LogP) is 4.34. The highest BCUT2D eigenvalue weighted by atomic mass is 13.9. The average Bonchev–Trinajstić information content (AvgIpc) is 2.10. The zero-order valence-electron chi connectivity index (χ0n) is 8.55. The normalized spacial score (nSPS) is 13.5. The molecule has 0 saturated carbocycles. The first-order chi connectivity index (χ1) is 5.81. The molecule has 0 aromatic rings. The zero-order chi connectivity index (χ0) is 9.23. The molecule has 0 aromatic heterocycles. The van der Waals surface area contributed by atoms with E-state index in [2.05, 4.69) is 32.6 Å². The molecule has 0 rings (SSSR count). The first kappa shape index (κ1) is 11.5. The highest BCUT2D eigenvalue weighted by molar-refractivity contribution is 4.87. The summed E-state index contributed by atoms with van der Waals surface area (Å²) in [7, 11) is 0. The van der Waals surface area contributed by atoms with E-state index in [9.17, 15) is 0 Å². The van der Waals surface area contributed by atoms with Crippen LogP contribution < -0.4 is 0 Å². The Bertz CT molecular complexity index is 122. The van der Waals surface area contributed by atoms with Crippen molar-refractivity contribution in [1.29, 1.82) is 0 Å². The molecule has 12 heavy (non-hydrogen) atoms. The van der Waals surface area contributed by atoms with E-state index < -0.39 is 0 Å². The second-order valence-corrected chi connectivity index (χ2v) is 3.42. The van der Waals surface area contributed by atoms with Gasteiger partial charge in [-0.05, 0) is 25.2 Å². The van der Waals surface area contributed by atoms with Crippen LogP contribution in [0.4, 0.5) is 0 Å². The maximum Gasteiger partial charge on any atom is -0.0230 e. The maximum absolute atomic E-state index is 3.76. The molecule has 0 aromatic carbocycles. The van der Waals surface area contributed by atoms with E-state index in [1.165, 1.54) is 25.7 Å². The number of rotatable bonds is 7. The summed E-state index contributed by atoms with van der Waals surface area (Å²) < 4.78 is 0. The third kappa shape index (κ3) is 7.59. The Labute approximate surface area is 77.4 Å². The van der Waals surface area contributed by atoms with Crippen molar-refractivity contribution in [2.45, 2.75) is 46.0 Å². The lowest BCUT2D eigenvalue weighted by molar-refractivity contribution is 0.718. The van der Waals surface area contributed by atoms with E-state index in [1.807, 2.05) is 6.08 Å². The van der Waals surface area contributed by atoms with Gasteiger partial charge in [-0.25, -0.2) is 0 Å². The Morgan fingerprint density at radius 1 is 1.25 bits per heavy atom. The predicted molar refractivity (Wildman–Crippen MR) is 57.3 cm³/mol. The van der Waals surface area contributed by atoms with Crippen LogP contribution in [0.25, 0.3) is 0 Å². The molecule has 0 fully saturated rings. The van der Waals surface area contributed by atoms with E-state index in [-0.39, 0.29) is 0 Å². The molecule has 1 atom stereocenters. The Balaban J connectivity index is 3.19. The van der Waals surface area contributed by atoms with Gasteiger partial charge in [0.15, 0.2) is 0 Å². The minimum atomic E-state index is 0.632. The largest absolute Gasteiger partial charge is 0.103 e. The Kier molecular flexibility index (Phi) is 8.20. The Morgan fingerprint density at radius 3 is 2.58 bits per heavy atom. The molecule has 0 aliphatic rings. The lowest BCUT2D eigenvalue weighted by Gasteiger charge is -1.98. The van der Waals surface area contributed by atoms with Crippen molar-refractivity contribution in [2.75, 3.05) is 0 Å². The first-order valence-electron chi connectivity index (χ1n) is 5.08. The number of allylic oxidation sites excluding steroid dienone is 3. The van der Waals surface area contributed by atoms with Gasteiger partial charge in [0.05, 0.1) is 0 Å². The molecule has 0 saturated heterocycles. The molecule has 0 amide bonds. The maximum atomic E-state index is 3.76. The van der Waals surface area contributed by atoms with Crippen LogP contribution in [0.3, 0.4) is 0 Å². The minimum absolute atomic E-state index is 0.632. The molecule has 0 N–H and O–H groups in total. The van der Waals surface area contributed by atoms with Gasteiger partial charge in [0.25, 0.3) is 0 Å². The van der Waals surface area contributed by atoms with Crippen molar-refractivity contribution in [1.82, 2.24) is 0 Å². The van der Waals surface area contributed by atoms with E-state index in [0.717, 1.165) is 6.42 Å². The summed E-state index contributed by atoms with van der Waals surface area (Å²) in [6, 6.07) is 0. The summed E-state index contributed by atoms with van der Waals surface area (Å²) in [5, 5.41) is 0. The second kappa shape index (κ2) is 8.58. The van der Waals surface area contributed by atoms with Crippen LogP contribution >= 0.6 is 0 Å². The zero-order valence-corrected chi connectivity index (χ0v) is 8.55. The minimum Gasteiger partial charge on any atom is -0.103 e. The number of unbranched alkanes of at least 4 members (excludes halogenated alkanes) is 3. The highest BCUT2D eigenvalue weighted by Crippen LogP contribution is 2.05. The van der Waals surface area contributed by atoms with Crippen molar-refractivity contribution >= 4 is 0 Å². The summed E-state index contributed by atoms with van der Waals surface area (Å²) in [4.78, 5) is 0. The SMILES string of the molecule is C=CC(C)CC=CCCCCC. The third-order valence-corrected chi connectivity index (χ3v) is 2.05. The lowest BCUT2D eigenvalue weighted by Crippen LogP contribution is -1.83. The van der Waals surface area contributed by atoms with Crippen molar-refractivity contribution in [3.8, 4) is 0 Å². The average molecular weight is 166 g/mol. The van der Waals surface area contributed by atoms with Gasteiger partial charge in [0.1, 0.15) is 0 Å². The molecule has 0 nitrogen and oxygen atoms in total. The highest BCUT2D eigenvalue weighted by Gasteiger charge is 1.89. The standard InChI is InChI=1S/C12H22/c1-4-6-7-8-9-10-11-12(3)5-2/h5,9-10,12H,2,4,6-8,11H2,1,3H3. The Hall–Kier alpha value is -0.520. The quantitative estimate of drug-likeness (QED) is 0.390. The van der Waals surface area contributed by atoms with E-state index >= 15 is 0 Å². The van der Waals surface area contributed by atoms with Gasteiger partial charge < -0.3 is 0 Å². The van der Waals surface area contributed by atoms with Gasteiger partial charge in [-0.1, -0.05) is 44.9 Å². The van der Waals surface area contributed by atoms with Crippen LogP contribution in [0.5, 0.6) is 0 Å². The lowest BCUT2D eigenvalue weighted by atomic mass is 10.1. The molecule has 0 heterocycles. The first-order valence-corrected chi connectivity index (χ1v) is 5.08. The van der Waals surface area contributed by atoms with Gasteiger partial charge in [0.2, 0.25) is 0 Å². The monoisotopic (exact) mass is 166 g/mol. The Morgan fingerprint density at radius 2 is 2.00 bits per heavy atom. The molecule has 0 aliphatic carbocycles. The summed E-state index contributed by atoms with van der Waals surface area (Å²) in [5.41, 5.74) is 0. The van der Waals surface area contributed by atoms with Gasteiger partial charge in [-0.3, -0.25) is 0 Å². The second-order valence-electron chi connectivity index (χ2n) is 3.42. The number of hydrogen-bond donors (Lipinski definition) is 0. The van der Waals surface area contributed by atoms with E-state index in [0.29, 0.717) is 5.92 Å². The topological polar surface area (TPSA) is 0 Å². The van der Waals surface area contributed by atoms with Gasteiger partial charge in [-0.2, -0.15) is 0 Å². The van der Waals surface area contributed by atoms with Crippen LogP contribution in [-0.2, 0) is 0 Å². The third-order valence-electron chi connectivity index (χ3n) is 2.05. The summed E-state index contributed by atoms with van der Waals surface area (Å²) in [6.45, 7) is 8.19. The van der Waals surface area contributed by atoms with Gasteiger partial charge in [0, 0.05) is 0 Å². The fourth-order valence-corrected chi connectivity index (χ4v) is 1.04. The number of hydrogen-bond acceptors (Lipinski definition) is 0. The molecule has 0 aliphatic heterocycles. The van der Waals surface area contributed by atoms with Crippen molar-refractivity contribution in [3.05, 3.63) is 24.8 Å².